The molecule has 2 amide bonds. The van der Waals surface area contributed by atoms with E-state index in [2.05, 4.69) is 10.2 Å². The van der Waals surface area contributed by atoms with Crippen LogP contribution in [-0.4, -0.2) is 59.4 Å². The van der Waals surface area contributed by atoms with E-state index in [-0.39, 0.29) is 17.7 Å². The highest BCUT2D eigenvalue weighted by Gasteiger charge is 2.29. The SMILES string of the molecule is O=C(Nc1ccccc1)C1CCN(C(=O)CN2CCC(CCc3ccc(O)cc3)CC2)CC1. The zero-order valence-corrected chi connectivity index (χ0v) is 19.3. The van der Waals surface area contributed by atoms with Crippen molar-refractivity contribution in [3.05, 3.63) is 60.2 Å². The smallest absolute Gasteiger partial charge is 0.236 e. The maximum atomic E-state index is 12.8. The van der Waals surface area contributed by atoms with Gasteiger partial charge in [-0.25, -0.2) is 0 Å². The van der Waals surface area contributed by atoms with E-state index in [1.165, 1.54) is 5.56 Å². The summed E-state index contributed by atoms with van der Waals surface area (Å²) in [5.74, 6) is 1.24. The van der Waals surface area contributed by atoms with Crippen molar-refractivity contribution in [3.8, 4) is 5.75 Å². The number of piperidine rings is 2. The molecule has 4 rings (SSSR count). The second kappa shape index (κ2) is 11.3. The maximum Gasteiger partial charge on any atom is 0.236 e. The Labute approximate surface area is 196 Å². The molecule has 2 aromatic rings. The summed E-state index contributed by atoms with van der Waals surface area (Å²) in [5, 5.41) is 12.4. The first-order valence-electron chi connectivity index (χ1n) is 12.2. The molecule has 0 saturated carbocycles. The van der Waals surface area contributed by atoms with Crippen molar-refractivity contribution < 1.29 is 14.7 Å². The van der Waals surface area contributed by atoms with Crippen LogP contribution in [0.15, 0.2) is 54.6 Å². The largest absolute Gasteiger partial charge is 0.508 e. The number of nitrogens with zero attached hydrogens (tertiary/aromatic N) is 2. The fourth-order valence-corrected chi connectivity index (χ4v) is 4.91. The van der Waals surface area contributed by atoms with Crippen LogP contribution in [-0.2, 0) is 16.0 Å². The normalized spacial score (nSPS) is 18.2. The van der Waals surface area contributed by atoms with Crippen molar-refractivity contribution in [2.45, 2.75) is 38.5 Å². The van der Waals surface area contributed by atoms with Gasteiger partial charge in [-0.05, 0) is 87.4 Å². The lowest BCUT2D eigenvalue weighted by Crippen LogP contribution is -2.47. The van der Waals surface area contributed by atoms with E-state index < -0.39 is 0 Å². The first-order valence-corrected chi connectivity index (χ1v) is 12.2. The van der Waals surface area contributed by atoms with Crippen LogP contribution in [0.5, 0.6) is 5.75 Å². The Bertz CT molecular complexity index is 900. The highest BCUT2D eigenvalue weighted by Crippen LogP contribution is 2.24. The molecule has 2 heterocycles. The summed E-state index contributed by atoms with van der Waals surface area (Å²) in [4.78, 5) is 29.6. The van der Waals surface area contributed by atoms with Crippen LogP contribution in [0.2, 0.25) is 0 Å². The van der Waals surface area contributed by atoms with Crippen LogP contribution in [0.25, 0.3) is 0 Å². The van der Waals surface area contributed by atoms with Crippen molar-refractivity contribution in [1.29, 1.82) is 0 Å². The van der Waals surface area contributed by atoms with Crippen molar-refractivity contribution in [3.63, 3.8) is 0 Å². The van der Waals surface area contributed by atoms with Crippen molar-refractivity contribution >= 4 is 17.5 Å². The minimum absolute atomic E-state index is 0.0291. The summed E-state index contributed by atoms with van der Waals surface area (Å²) >= 11 is 0. The molecule has 6 heteroatoms. The van der Waals surface area contributed by atoms with Gasteiger partial charge in [0.15, 0.2) is 0 Å². The lowest BCUT2D eigenvalue weighted by Gasteiger charge is -2.35. The van der Waals surface area contributed by atoms with Crippen LogP contribution in [0, 0.1) is 11.8 Å². The fourth-order valence-electron chi connectivity index (χ4n) is 4.91. The summed E-state index contributed by atoms with van der Waals surface area (Å²) in [7, 11) is 0. The van der Waals surface area contributed by atoms with Gasteiger partial charge >= 0.3 is 0 Å². The highest BCUT2D eigenvalue weighted by atomic mass is 16.3. The van der Waals surface area contributed by atoms with E-state index in [4.69, 9.17) is 0 Å². The molecule has 2 fully saturated rings. The zero-order valence-electron chi connectivity index (χ0n) is 19.3. The van der Waals surface area contributed by atoms with E-state index in [1.54, 1.807) is 12.1 Å². The first-order chi connectivity index (χ1) is 16.1. The van der Waals surface area contributed by atoms with Gasteiger partial charge in [-0.15, -0.1) is 0 Å². The van der Waals surface area contributed by atoms with Gasteiger partial charge in [0, 0.05) is 24.7 Å². The summed E-state index contributed by atoms with van der Waals surface area (Å²) in [6, 6.07) is 17.0. The maximum absolute atomic E-state index is 12.8. The third-order valence-corrected chi connectivity index (χ3v) is 7.10. The van der Waals surface area contributed by atoms with E-state index in [0.29, 0.717) is 31.3 Å². The Hall–Kier alpha value is -2.86. The number of hydrogen-bond acceptors (Lipinski definition) is 4. The number of amides is 2. The fraction of sp³-hybridized carbons (Fsp3) is 0.481. The van der Waals surface area contributed by atoms with Crippen molar-refractivity contribution in [1.82, 2.24) is 9.80 Å². The van der Waals surface area contributed by atoms with Gasteiger partial charge in [0.05, 0.1) is 6.54 Å². The summed E-state index contributed by atoms with van der Waals surface area (Å²) in [5.41, 5.74) is 2.10. The van der Waals surface area contributed by atoms with Gasteiger partial charge < -0.3 is 15.3 Å². The number of aryl methyl sites for hydroxylation is 1. The molecular formula is C27H35N3O3. The average molecular weight is 450 g/mol. The molecule has 0 aliphatic carbocycles. The van der Waals surface area contributed by atoms with Gasteiger partial charge in [0.2, 0.25) is 11.8 Å². The number of benzene rings is 2. The quantitative estimate of drug-likeness (QED) is 0.672. The molecule has 6 nitrogen and oxygen atoms in total. The monoisotopic (exact) mass is 449 g/mol. The summed E-state index contributed by atoms with van der Waals surface area (Å²) < 4.78 is 0. The minimum Gasteiger partial charge on any atom is -0.508 e. The van der Waals surface area contributed by atoms with Gasteiger partial charge in [0.25, 0.3) is 0 Å². The minimum atomic E-state index is -0.0291. The summed E-state index contributed by atoms with van der Waals surface area (Å²) in [6.07, 6.45) is 5.91. The molecule has 0 unspecified atom stereocenters. The number of anilines is 1. The number of carbonyl (C=O) groups is 2. The molecule has 2 N–H and O–H groups in total. The molecule has 0 spiro atoms. The van der Waals surface area contributed by atoms with Crippen LogP contribution in [0.1, 0.15) is 37.7 Å². The number of rotatable bonds is 7. The third-order valence-electron chi connectivity index (χ3n) is 7.10. The lowest BCUT2D eigenvalue weighted by molar-refractivity contribution is -0.135. The number of carbonyl (C=O) groups excluding carboxylic acids is 2. The molecule has 33 heavy (non-hydrogen) atoms. The van der Waals surface area contributed by atoms with Crippen LogP contribution in [0.3, 0.4) is 0 Å². The zero-order chi connectivity index (χ0) is 23.0. The number of hydrogen-bond donors (Lipinski definition) is 2. The lowest BCUT2D eigenvalue weighted by atomic mass is 9.90. The standard InChI is InChI=1S/C27H35N3O3/c31-25-10-8-21(9-11-25)6-7-22-12-16-29(17-13-22)20-26(32)30-18-14-23(15-19-30)27(33)28-24-4-2-1-3-5-24/h1-5,8-11,22-23,31H,6-7,12-20H2,(H,28,33). The molecule has 0 atom stereocenters. The Morgan fingerprint density at radius 1 is 0.879 bits per heavy atom. The van der Waals surface area contributed by atoms with Gasteiger partial charge in [-0.3, -0.25) is 14.5 Å². The van der Waals surface area contributed by atoms with Crippen LogP contribution in [0.4, 0.5) is 5.69 Å². The first kappa shape index (κ1) is 23.3. The summed E-state index contributed by atoms with van der Waals surface area (Å²) in [6.45, 7) is 3.76. The number of phenolic OH excluding ortho intramolecular Hbond substituents is 1. The predicted octanol–water partition coefficient (Wildman–Crippen LogP) is 3.91. The Kier molecular flexibility index (Phi) is 8.00. The van der Waals surface area contributed by atoms with E-state index in [9.17, 15) is 14.7 Å². The number of para-hydroxylation sites is 1. The number of nitrogens with one attached hydrogen (secondary N) is 1. The number of phenols is 1. The average Bonchev–Trinajstić information content (AvgIpc) is 2.85. The van der Waals surface area contributed by atoms with E-state index >= 15 is 0 Å². The molecule has 2 saturated heterocycles. The molecule has 2 aliphatic rings. The second-order valence-corrected chi connectivity index (χ2v) is 9.43. The van der Waals surface area contributed by atoms with Gasteiger partial charge in [-0.2, -0.15) is 0 Å². The molecule has 0 bridgehead atoms. The molecule has 2 aromatic carbocycles. The third kappa shape index (κ3) is 6.81. The highest BCUT2D eigenvalue weighted by molar-refractivity contribution is 5.92. The van der Waals surface area contributed by atoms with Gasteiger partial charge in [-0.1, -0.05) is 30.3 Å². The molecule has 0 radical (unpaired) electrons. The molecule has 2 aliphatic heterocycles. The Morgan fingerprint density at radius 2 is 1.55 bits per heavy atom. The van der Waals surface area contributed by atoms with Crippen LogP contribution < -0.4 is 5.32 Å². The van der Waals surface area contributed by atoms with E-state index in [0.717, 1.165) is 57.3 Å². The van der Waals surface area contributed by atoms with E-state index in [1.807, 2.05) is 47.4 Å². The topological polar surface area (TPSA) is 72.9 Å². The van der Waals surface area contributed by atoms with Crippen LogP contribution >= 0.6 is 0 Å². The predicted molar refractivity (Wildman–Crippen MR) is 130 cm³/mol. The molecule has 176 valence electrons. The Balaban J connectivity index is 1.13. The van der Waals surface area contributed by atoms with Crippen molar-refractivity contribution in [2.24, 2.45) is 11.8 Å². The molecular weight excluding hydrogens is 414 g/mol. The second-order valence-electron chi connectivity index (χ2n) is 9.43. The van der Waals surface area contributed by atoms with Crippen molar-refractivity contribution in [2.75, 3.05) is 38.0 Å². The number of aromatic hydroxyl groups is 1. The molecule has 0 aromatic heterocycles. The Morgan fingerprint density at radius 3 is 2.21 bits per heavy atom. The van der Waals surface area contributed by atoms with Gasteiger partial charge in [0.1, 0.15) is 5.75 Å². The number of likely N-dealkylation sites (tertiary alicyclic amines) is 2.